The maximum Gasteiger partial charge on any atom is 0.318 e. The molecule has 2 aromatic rings. The minimum absolute atomic E-state index is 0.0557. The molecule has 1 aliphatic rings. The molecule has 0 amide bonds. The van der Waals surface area contributed by atoms with Crippen LogP contribution in [0.5, 0.6) is 11.8 Å². The first-order valence-electron chi connectivity index (χ1n) is 10.5. The van der Waals surface area contributed by atoms with Crippen molar-refractivity contribution in [1.82, 2.24) is 9.97 Å². The molecule has 1 fully saturated rings. The van der Waals surface area contributed by atoms with Gasteiger partial charge >= 0.3 is 6.01 Å². The molecule has 0 aliphatic carbocycles. The minimum Gasteiger partial charge on any atom is -0.489 e. The van der Waals surface area contributed by atoms with Gasteiger partial charge in [0.2, 0.25) is 0 Å². The number of aromatic nitrogens is 2. The summed E-state index contributed by atoms with van der Waals surface area (Å²) in [5.74, 6) is 1.27. The van der Waals surface area contributed by atoms with Crippen LogP contribution >= 0.6 is 0 Å². The van der Waals surface area contributed by atoms with Crippen LogP contribution in [0.3, 0.4) is 0 Å². The number of benzene rings is 1. The number of Topliss-reactive ketones (excluding diaryl/α,β-unsaturated/α-hetero) is 1. The van der Waals surface area contributed by atoms with Crippen LogP contribution in [0.4, 0.5) is 10.2 Å². The highest BCUT2D eigenvalue weighted by atomic mass is 19.1. The Balaban J connectivity index is 1.59. The predicted octanol–water partition coefficient (Wildman–Crippen LogP) is 4.39. The number of anilines is 1. The fourth-order valence-corrected chi connectivity index (χ4v) is 3.51. The van der Waals surface area contributed by atoms with Gasteiger partial charge in [-0.15, -0.1) is 0 Å². The van der Waals surface area contributed by atoms with Crippen molar-refractivity contribution < 1.29 is 18.7 Å². The summed E-state index contributed by atoms with van der Waals surface area (Å²) in [7, 11) is 0. The van der Waals surface area contributed by atoms with Crippen molar-refractivity contribution in [2.45, 2.75) is 52.6 Å². The van der Waals surface area contributed by atoms with E-state index in [0.717, 1.165) is 23.9 Å². The van der Waals surface area contributed by atoms with Crippen molar-refractivity contribution in [3.63, 3.8) is 0 Å². The monoisotopic (exact) mass is 415 g/mol. The fraction of sp³-hybridized carbons (Fsp3) is 0.522. The Bertz CT molecular complexity index is 857. The summed E-state index contributed by atoms with van der Waals surface area (Å²) in [6, 6.07) is 8.05. The molecule has 2 atom stereocenters. The van der Waals surface area contributed by atoms with E-state index in [0.29, 0.717) is 32.0 Å². The van der Waals surface area contributed by atoms with E-state index in [1.807, 2.05) is 49.9 Å². The maximum absolute atomic E-state index is 14.3. The third-order valence-electron chi connectivity index (χ3n) is 5.04. The molecule has 1 saturated heterocycles. The Morgan fingerprint density at radius 2 is 2.00 bits per heavy atom. The maximum atomic E-state index is 14.3. The van der Waals surface area contributed by atoms with Gasteiger partial charge in [0.25, 0.3) is 0 Å². The zero-order chi connectivity index (χ0) is 21.7. The molecule has 2 heterocycles. The third-order valence-corrected chi connectivity index (χ3v) is 5.04. The molecule has 1 aromatic carbocycles. The van der Waals surface area contributed by atoms with Gasteiger partial charge in [0.1, 0.15) is 17.6 Å². The van der Waals surface area contributed by atoms with Crippen molar-refractivity contribution in [2.75, 3.05) is 24.6 Å². The Morgan fingerprint density at radius 3 is 2.67 bits per heavy atom. The zero-order valence-corrected chi connectivity index (χ0v) is 18.1. The summed E-state index contributed by atoms with van der Waals surface area (Å²) >= 11 is 0. The highest BCUT2D eigenvalue weighted by molar-refractivity contribution is 5.76. The molecule has 7 heteroatoms. The average molecular weight is 416 g/mol. The van der Waals surface area contributed by atoms with Crippen molar-refractivity contribution in [2.24, 2.45) is 5.92 Å². The number of halogens is 1. The number of ketones is 1. The summed E-state index contributed by atoms with van der Waals surface area (Å²) in [5.41, 5.74) is 1.11. The molecule has 0 radical (unpaired) electrons. The van der Waals surface area contributed by atoms with Gasteiger partial charge in [0, 0.05) is 19.4 Å². The number of carbonyl (C=O) groups is 1. The van der Waals surface area contributed by atoms with Gasteiger partial charge in [-0.25, -0.2) is 9.37 Å². The Hall–Kier alpha value is -2.70. The minimum atomic E-state index is -0.462. The number of carbonyl (C=O) groups excluding carboxylic acids is 1. The first kappa shape index (κ1) is 22.0. The number of rotatable bonds is 9. The molecule has 6 nitrogen and oxygen atoms in total. The van der Waals surface area contributed by atoms with Crippen LogP contribution in [-0.4, -0.2) is 41.6 Å². The molecule has 0 saturated carbocycles. The fourth-order valence-electron chi connectivity index (χ4n) is 3.51. The summed E-state index contributed by atoms with van der Waals surface area (Å²) in [4.78, 5) is 21.4. The van der Waals surface area contributed by atoms with Gasteiger partial charge in [-0.05, 0) is 36.5 Å². The molecular formula is C23H30FN3O3. The highest BCUT2D eigenvalue weighted by Gasteiger charge is 2.27. The van der Waals surface area contributed by atoms with Crippen LogP contribution in [0.15, 0.2) is 30.5 Å². The van der Waals surface area contributed by atoms with Crippen LogP contribution in [0, 0.1) is 11.7 Å². The topological polar surface area (TPSA) is 64.5 Å². The van der Waals surface area contributed by atoms with Crippen molar-refractivity contribution in [3.8, 4) is 11.8 Å². The lowest BCUT2D eigenvalue weighted by atomic mass is 9.96. The normalized spacial score (nSPS) is 17.3. The molecule has 3 rings (SSSR count). The standard InChI is InChI=1S/C23H30FN3O3/c1-15(2)14-29-23-25-12-21(24)22(26-23)27-10-9-20(13-27)30-19-7-5-18(6-8-19)16(3)11-17(4)28/h5-8,12,15-16,20H,9-11,13-14H2,1-4H3/t16-,20-/m1/s1. The lowest BCUT2D eigenvalue weighted by Crippen LogP contribution is -2.26. The van der Waals surface area contributed by atoms with Crippen LogP contribution < -0.4 is 14.4 Å². The lowest BCUT2D eigenvalue weighted by Gasteiger charge is -2.19. The van der Waals surface area contributed by atoms with Gasteiger partial charge in [-0.3, -0.25) is 0 Å². The van der Waals surface area contributed by atoms with Gasteiger partial charge in [0.15, 0.2) is 11.6 Å². The van der Waals surface area contributed by atoms with E-state index in [1.165, 1.54) is 0 Å². The first-order valence-corrected chi connectivity index (χ1v) is 10.5. The number of hydrogen-bond acceptors (Lipinski definition) is 6. The van der Waals surface area contributed by atoms with Crippen LogP contribution in [0.25, 0.3) is 0 Å². The van der Waals surface area contributed by atoms with Crippen LogP contribution in [0.1, 0.15) is 52.0 Å². The van der Waals surface area contributed by atoms with Gasteiger partial charge in [-0.1, -0.05) is 32.9 Å². The molecule has 1 aromatic heterocycles. The van der Waals surface area contributed by atoms with E-state index >= 15 is 0 Å². The van der Waals surface area contributed by atoms with E-state index in [1.54, 1.807) is 6.92 Å². The molecule has 0 N–H and O–H groups in total. The first-order chi connectivity index (χ1) is 14.3. The second kappa shape index (κ2) is 9.87. The van der Waals surface area contributed by atoms with Crippen molar-refractivity contribution in [3.05, 3.63) is 41.8 Å². The summed E-state index contributed by atoms with van der Waals surface area (Å²) in [6.45, 7) is 9.39. The summed E-state index contributed by atoms with van der Waals surface area (Å²) in [6.07, 6.45) is 2.41. The van der Waals surface area contributed by atoms with E-state index in [9.17, 15) is 9.18 Å². The van der Waals surface area contributed by atoms with Gasteiger partial charge < -0.3 is 19.2 Å². The quantitative estimate of drug-likeness (QED) is 0.605. The van der Waals surface area contributed by atoms with Gasteiger partial charge in [0.05, 0.1) is 19.3 Å². The van der Waals surface area contributed by atoms with Crippen molar-refractivity contribution >= 4 is 11.6 Å². The van der Waals surface area contributed by atoms with E-state index in [4.69, 9.17) is 9.47 Å². The molecule has 162 valence electrons. The Labute approximate surface area is 177 Å². The van der Waals surface area contributed by atoms with Crippen LogP contribution in [-0.2, 0) is 4.79 Å². The Morgan fingerprint density at radius 1 is 1.27 bits per heavy atom. The van der Waals surface area contributed by atoms with E-state index in [2.05, 4.69) is 9.97 Å². The highest BCUT2D eigenvalue weighted by Crippen LogP contribution is 2.27. The SMILES string of the molecule is CC(=O)C[C@@H](C)c1ccc(O[C@@H]2CCN(c3nc(OCC(C)C)ncc3F)C2)cc1. The molecule has 1 aliphatic heterocycles. The smallest absolute Gasteiger partial charge is 0.318 e. The lowest BCUT2D eigenvalue weighted by molar-refractivity contribution is -0.117. The molecular weight excluding hydrogens is 385 g/mol. The second-order valence-corrected chi connectivity index (χ2v) is 8.38. The van der Waals surface area contributed by atoms with Crippen LogP contribution in [0.2, 0.25) is 0 Å². The molecule has 30 heavy (non-hydrogen) atoms. The Kier molecular flexibility index (Phi) is 7.24. The number of hydrogen-bond donors (Lipinski definition) is 0. The van der Waals surface area contributed by atoms with Gasteiger partial charge in [-0.2, -0.15) is 4.98 Å². The number of nitrogens with zero attached hydrogens (tertiary/aromatic N) is 3. The molecule has 0 bridgehead atoms. The predicted molar refractivity (Wildman–Crippen MR) is 114 cm³/mol. The molecule has 0 spiro atoms. The van der Waals surface area contributed by atoms with E-state index in [-0.39, 0.29) is 29.6 Å². The summed E-state index contributed by atoms with van der Waals surface area (Å²) in [5, 5.41) is 0. The third kappa shape index (κ3) is 5.90. The van der Waals surface area contributed by atoms with E-state index < -0.39 is 5.82 Å². The number of ether oxygens (including phenoxy) is 2. The second-order valence-electron chi connectivity index (χ2n) is 8.38. The summed E-state index contributed by atoms with van der Waals surface area (Å²) < 4.78 is 25.9. The largest absolute Gasteiger partial charge is 0.489 e. The molecule has 0 unspecified atom stereocenters. The zero-order valence-electron chi connectivity index (χ0n) is 18.1. The average Bonchev–Trinajstić information content (AvgIpc) is 3.15. The van der Waals surface area contributed by atoms with Crippen molar-refractivity contribution in [1.29, 1.82) is 0 Å².